The fourth-order valence-corrected chi connectivity index (χ4v) is 1.30. The lowest BCUT2D eigenvalue weighted by Gasteiger charge is -2.15. The van der Waals surface area contributed by atoms with E-state index < -0.39 is 0 Å². The van der Waals surface area contributed by atoms with Gasteiger partial charge in [-0.05, 0) is 6.90 Å². The summed E-state index contributed by atoms with van der Waals surface area (Å²) in [6.07, 6.45) is -0.160. The first-order chi connectivity index (χ1) is 5.20. The Hall–Kier alpha value is -0.0151. The van der Waals surface area contributed by atoms with Crippen LogP contribution in [0.5, 0.6) is 0 Å². The number of methoxy groups -OCH3 is 1. The zero-order chi connectivity index (χ0) is 8.43. The van der Waals surface area contributed by atoms with Gasteiger partial charge in [0, 0.05) is 20.4 Å². The smallest absolute Gasteiger partial charge is 0.109 e. The number of hydrogen-bond donors (Lipinski definition) is 0. The topological polar surface area (TPSA) is 18.5 Å². The zero-order valence-electron chi connectivity index (χ0n) is 7.41. The van der Waals surface area contributed by atoms with Crippen LogP contribution in [-0.2, 0) is 9.47 Å². The summed E-state index contributed by atoms with van der Waals surface area (Å²) < 4.78 is 17.6. The van der Waals surface area contributed by atoms with Gasteiger partial charge in [0.05, 0.1) is 12.2 Å². The van der Waals surface area contributed by atoms with Crippen LogP contribution in [0.4, 0.5) is 0 Å². The van der Waals surface area contributed by atoms with Gasteiger partial charge in [0.15, 0.2) is 0 Å². The van der Waals surface area contributed by atoms with Gasteiger partial charge in [0.25, 0.3) is 0 Å². The van der Waals surface area contributed by atoms with Crippen molar-refractivity contribution in [1.82, 2.24) is 0 Å². The molecule has 0 N–H and O–H groups in total. The largest absolute Gasteiger partial charge is 0.382 e. The number of ether oxygens (including phenoxy) is 2. The maximum Gasteiger partial charge on any atom is 0.109 e. The van der Waals surface area contributed by atoms with E-state index in [1.165, 1.54) is 0 Å². The first kappa shape index (κ1) is 6.68. The third-order valence-corrected chi connectivity index (χ3v) is 2.01. The average molecular weight is 141 g/mol. The van der Waals surface area contributed by atoms with Crippen LogP contribution in [0, 0.1) is 5.92 Å². The van der Waals surface area contributed by atoms with Crippen LogP contribution in [0.1, 0.15) is 15.2 Å². The van der Waals surface area contributed by atoms with Crippen molar-refractivity contribution < 1.29 is 10.8 Å². The third kappa shape index (κ3) is 1.20. The van der Waals surface area contributed by atoms with Gasteiger partial charge in [-0.2, -0.15) is 0 Å². The Morgan fingerprint density at radius 2 is 2.40 bits per heavy atom. The summed E-state index contributed by atoms with van der Waals surface area (Å²) in [6, 6.07) is -0.268. The summed E-state index contributed by atoms with van der Waals surface area (Å²) in [7, 11) is 7.25. The Balaban J connectivity index is 2.57. The molecule has 2 radical (unpaired) electrons. The van der Waals surface area contributed by atoms with E-state index in [1.807, 2.05) is 6.92 Å². The fourth-order valence-electron chi connectivity index (χ4n) is 1.30. The molecule has 0 spiro atoms. The Bertz CT molecular complexity index is 134. The van der Waals surface area contributed by atoms with Crippen molar-refractivity contribution in [3.8, 4) is 0 Å². The molecule has 3 heteroatoms. The van der Waals surface area contributed by atoms with Gasteiger partial charge in [0.2, 0.25) is 0 Å². The van der Waals surface area contributed by atoms with Gasteiger partial charge in [-0.1, -0.05) is 6.92 Å². The standard InChI is InChI=1S/C7H13BO2/c1-4-6(9-3)5(2)10-7(4)8/h4-7H,1-3H3/t4?,5-,6-,7-/m1/s1/i2D. The van der Waals surface area contributed by atoms with Crippen LogP contribution in [0.3, 0.4) is 0 Å². The van der Waals surface area contributed by atoms with E-state index in [0.717, 1.165) is 0 Å². The molecule has 2 nitrogen and oxygen atoms in total. The van der Waals surface area contributed by atoms with Gasteiger partial charge in [-0.25, -0.2) is 0 Å². The second-order valence-electron chi connectivity index (χ2n) is 2.70. The van der Waals surface area contributed by atoms with Crippen molar-refractivity contribution in [2.45, 2.75) is 32.0 Å². The Kier molecular flexibility index (Phi) is 1.96. The van der Waals surface area contributed by atoms with Crippen molar-refractivity contribution in [1.29, 1.82) is 0 Å². The Morgan fingerprint density at radius 3 is 2.80 bits per heavy atom. The summed E-state index contributed by atoms with van der Waals surface area (Å²) in [5.74, 6) is 0.190. The van der Waals surface area contributed by atoms with E-state index in [1.54, 1.807) is 7.11 Å². The predicted octanol–water partition coefficient (Wildman–Crippen LogP) is 0.551. The Morgan fingerprint density at radius 1 is 1.70 bits per heavy atom. The molecule has 1 unspecified atom stereocenters. The minimum absolute atomic E-state index is 0.0116. The average Bonchev–Trinajstić information content (AvgIpc) is 2.28. The van der Waals surface area contributed by atoms with Gasteiger partial charge in [0.1, 0.15) is 7.85 Å². The molecule has 10 heavy (non-hydrogen) atoms. The van der Waals surface area contributed by atoms with E-state index in [2.05, 4.69) is 0 Å². The summed E-state index contributed by atoms with van der Waals surface area (Å²) in [6.45, 7) is 2.20. The van der Waals surface area contributed by atoms with Crippen LogP contribution in [-0.4, -0.2) is 33.2 Å². The SMILES string of the molecule is [2H]C[C@H]1O[C@@H]([B])C(C)[C@H]1OC. The summed E-state index contributed by atoms with van der Waals surface area (Å²) in [5, 5.41) is 0. The fraction of sp³-hybridized carbons (Fsp3) is 1.00. The van der Waals surface area contributed by atoms with Crippen molar-refractivity contribution in [3.63, 3.8) is 0 Å². The monoisotopic (exact) mass is 141 g/mol. The molecule has 4 atom stereocenters. The summed E-state index contributed by atoms with van der Waals surface area (Å²) in [4.78, 5) is 0. The van der Waals surface area contributed by atoms with E-state index in [-0.39, 0.29) is 31.0 Å². The molecule has 1 rings (SSSR count). The molecule has 1 saturated heterocycles. The molecule has 0 aromatic rings. The zero-order valence-corrected chi connectivity index (χ0v) is 6.41. The van der Waals surface area contributed by atoms with Gasteiger partial charge in [-0.15, -0.1) is 0 Å². The molecule has 56 valence electrons. The Labute approximate surface area is 64.7 Å². The van der Waals surface area contributed by atoms with E-state index in [9.17, 15) is 0 Å². The number of hydrogen-bond acceptors (Lipinski definition) is 2. The highest BCUT2D eigenvalue weighted by atomic mass is 16.6. The highest BCUT2D eigenvalue weighted by Crippen LogP contribution is 2.26. The van der Waals surface area contributed by atoms with E-state index in [4.69, 9.17) is 18.7 Å². The van der Waals surface area contributed by atoms with Crippen LogP contribution in [0.25, 0.3) is 0 Å². The predicted molar refractivity (Wildman–Crippen MR) is 40.1 cm³/mol. The quantitative estimate of drug-likeness (QED) is 0.496. The van der Waals surface area contributed by atoms with Crippen molar-refractivity contribution >= 4 is 7.85 Å². The van der Waals surface area contributed by atoms with Crippen molar-refractivity contribution in [2.24, 2.45) is 5.92 Å². The minimum Gasteiger partial charge on any atom is -0.382 e. The number of rotatable bonds is 1. The molecule has 0 saturated carbocycles. The molecule has 0 amide bonds. The second-order valence-corrected chi connectivity index (χ2v) is 2.70. The molecule has 1 heterocycles. The molecule has 0 aromatic carbocycles. The highest BCUT2D eigenvalue weighted by molar-refractivity contribution is 6.11. The normalized spacial score (nSPS) is 49.2. The molecule has 0 aromatic heterocycles. The maximum atomic E-state index is 7.15. The molecule has 0 bridgehead atoms. The molecular weight excluding hydrogens is 127 g/mol. The molecule has 0 aliphatic carbocycles. The molecule has 1 aliphatic rings. The maximum absolute atomic E-state index is 7.15. The van der Waals surface area contributed by atoms with Crippen molar-refractivity contribution in [2.75, 3.05) is 7.11 Å². The first-order valence-electron chi connectivity index (χ1n) is 4.14. The molecular formula is C7H13BO2. The lowest BCUT2D eigenvalue weighted by Crippen LogP contribution is -2.26. The molecule has 1 aliphatic heterocycles. The first-order valence-corrected chi connectivity index (χ1v) is 3.43. The van der Waals surface area contributed by atoms with Crippen LogP contribution in [0.2, 0.25) is 0 Å². The lowest BCUT2D eigenvalue weighted by molar-refractivity contribution is 0.0169. The van der Waals surface area contributed by atoms with E-state index >= 15 is 0 Å². The van der Waals surface area contributed by atoms with Crippen molar-refractivity contribution in [3.05, 3.63) is 0 Å². The second kappa shape index (κ2) is 2.93. The van der Waals surface area contributed by atoms with E-state index in [0.29, 0.717) is 0 Å². The van der Waals surface area contributed by atoms with Crippen LogP contribution < -0.4 is 0 Å². The third-order valence-electron chi connectivity index (χ3n) is 2.01. The van der Waals surface area contributed by atoms with Crippen LogP contribution in [0.15, 0.2) is 0 Å². The lowest BCUT2D eigenvalue weighted by atomic mass is 9.86. The summed E-state index contributed by atoms with van der Waals surface area (Å²) in [5.41, 5.74) is 0. The van der Waals surface area contributed by atoms with Gasteiger partial charge >= 0.3 is 0 Å². The summed E-state index contributed by atoms with van der Waals surface area (Å²) >= 11 is 0. The minimum atomic E-state index is -0.268. The molecule has 1 fully saturated rings. The van der Waals surface area contributed by atoms with Crippen LogP contribution >= 0.6 is 0 Å². The van der Waals surface area contributed by atoms with Gasteiger partial charge < -0.3 is 9.47 Å². The highest BCUT2D eigenvalue weighted by Gasteiger charge is 2.36. The van der Waals surface area contributed by atoms with Gasteiger partial charge in [-0.3, -0.25) is 0 Å².